The first-order chi connectivity index (χ1) is 9.40. The summed E-state index contributed by atoms with van der Waals surface area (Å²) in [5.74, 6) is -0.337. The van der Waals surface area contributed by atoms with Crippen LogP contribution >= 0.6 is 23.6 Å². The smallest absolute Gasteiger partial charge is 0.124 e. The number of hydrogen-bond acceptors (Lipinski definition) is 3. The minimum atomic E-state index is -0.337. The second kappa shape index (κ2) is 5.89. The van der Waals surface area contributed by atoms with E-state index in [1.165, 1.54) is 17.0 Å². The summed E-state index contributed by atoms with van der Waals surface area (Å²) in [7, 11) is 0. The van der Waals surface area contributed by atoms with Crippen molar-refractivity contribution in [2.45, 2.75) is 19.3 Å². The number of halogens is 1. The van der Waals surface area contributed by atoms with Gasteiger partial charge in [-0.2, -0.15) is 0 Å². The first-order valence-corrected chi connectivity index (χ1v) is 7.56. The van der Waals surface area contributed by atoms with Crippen molar-refractivity contribution in [2.75, 3.05) is 11.9 Å². The number of benzene rings is 1. The molecule has 0 saturated heterocycles. The third-order valence-corrected chi connectivity index (χ3v) is 4.61. The van der Waals surface area contributed by atoms with Gasteiger partial charge >= 0.3 is 0 Å². The molecule has 3 N–H and O–H groups in total. The number of anilines is 1. The molecule has 0 spiro atoms. The zero-order valence-electron chi connectivity index (χ0n) is 11.4. The number of thiocarbonyl (C=S) groups is 1. The summed E-state index contributed by atoms with van der Waals surface area (Å²) in [6, 6.07) is 8.60. The standard InChI is InChI=1S/C15H17FN2S2/c1-15(2,13-4-3-7-20-13)9-18-12-6-5-10(16)8-11(12)14(17)19/h3-8,18H,9H2,1-2H3,(H2,17,19). The Morgan fingerprint density at radius 2 is 2.15 bits per heavy atom. The highest BCUT2D eigenvalue weighted by atomic mass is 32.1. The molecule has 1 aromatic carbocycles. The Balaban J connectivity index is 2.17. The molecule has 0 aliphatic carbocycles. The van der Waals surface area contributed by atoms with Crippen molar-refractivity contribution in [3.05, 3.63) is 52.0 Å². The van der Waals surface area contributed by atoms with E-state index in [4.69, 9.17) is 18.0 Å². The molecule has 0 saturated carbocycles. The fourth-order valence-corrected chi connectivity index (χ4v) is 2.96. The SMILES string of the molecule is CC(C)(CNc1ccc(F)cc1C(N)=S)c1cccs1. The molecule has 0 atom stereocenters. The lowest BCUT2D eigenvalue weighted by Crippen LogP contribution is -2.27. The topological polar surface area (TPSA) is 38.0 Å². The van der Waals surface area contributed by atoms with Gasteiger partial charge in [0.2, 0.25) is 0 Å². The van der Waals surface area contributed by atoms with Crippen LogP contribution in [0.4, 0.5) is 10.1 Å². The fraction of sp³-hybridized carbons (Fsp3) is 0.267. The number of rotatable bonds is 5. The van der Waals surface area contributed by atoms with Gasteiger partial charge in [-0.05, 0) is 29.6 Å². The summed E-state index contributed by atoms with van der Waals surface area (Å²) < 4.78 is 13.3. The Hall–Kier alpha value is -1.46. The summed E-state index contributed by atoms with van der Waals surface area (Å²) in [5, 5.41) is 5.39. The van der Waals surface area contributed by atoms with Gasteiger partial charge in [-0.3, -0.25) is 0 Å². The highest BCUT2D eigenvalue weighted by Crippen LogP contribution is 2.28. The van der Waals surface area contributed by atoms with Gasteiger partial charge in [0.15, 0.2) is 0 Å². The molecule has 0 fully saturated rings. The van der Waals surface area contributed by atoms with Crippen LogP contribution in [0.3, 0.4) is 0 Å². The molecule has 1 heterocycles. The van der Waals surface area contributed by atoms with Gasteiger partial charge in [-0.25, -0.2) is 4.39 Å². The normalized spacial score (nSPS) is 11.3. The molecule has 2 aromatic rings. The summed E-state index contributed by atoms with van der Waals surface area (Å²) >= 11 is 6.70. The van der Waals surface area contributed by atoms with Crippen molar-refractivity contribution in [1.82, 2.24) is 0 Å². The lowest BCUT2D eigenvalue weighted by Gasteiger charge is -2.25. The van der Waals surface area contributed by atoms with Crippen LogP contribution in [-0.4, -0.2) is 11.5 Å². The maximum atomic E-state index is 13.3. The highest BCUT2D eigenvalue weighted by Gasteiger charge is 2.22. The minimum Gasteiger partial charge on any atom is -0.389 e. The molecule has 106 valence electrons. The Labute approximate surface area is 127 Å². The maximum Gasteiger partial charge on any atom is 0.124 e. The minimum absolute atomic E-state index is 0.0178. The monoisotopic (exact) mass is 308 g/mol. The van der Waals surface area contributed by atoms with Crippen LogP contribution in [0.5, 0.6) is 0 Å². The summed E-state index contributed by atoms with van der Waals surface area (Å²) in [6.07, 6.45) is 0. The molecule has 20 heavy (non-hydrogen) atoms. The Morgan fingerprint density at radius 3 is 2.75 bits per heavy atom. The molecule has 2 nitrogen and oxygen atoms in total. The van der Waals surface area contributed by atoms with Crippen molar-refractivity contribution in [3.63, 3.8) is 0 Å². The van der Waals surface area contributed by atoms with E-state index < -0.39 is 0 Å². The van der Waals surface area contributed by atoms with Gasteiger partial charge in [-0.15, -0.1) is 11.3 Å². The van der Waals surface area contributed by atoms with Gasteiger partial charge in [0, 0.05) is 28.1 Å². The van der Waals surface area contributed by atoms with E-state index >= 15 is 0 Å². The van der Waals surface area contributed by atoms with E-state index in [1.54, 1.807) is 17.4 Å². The van der Waals surface area contributed by atoms with Crippen LogP contribution in [0, 0.1) is 5.82 Å². The Morgan fingerprint density at radius 1 is 1.40 bits per heavy atom. The van der Waals surface area contributed by atoms with E-state index in [1.807, 2.05) is 6.07 Å². The lowest BCUT2D eigenvalue weighted by atomic mass is 9.91. The van der Waals surface area contributed by atoms with E-state index in [0.29, 0.717) is 5.56 Å². The van der Waals surface area contributed by atoms with Crippen LogP contribution in [0.1, 0.15) is 24.3 Å². The van der Waals surface area contributed by atoms with Gasteiger partial charge in [0.1, 0.15) is 10.8 Å². The zero-order valence-corrected chi connectivity index (χ0v) is 13.1. The van der Waals surface area contributed by atoms with Gasteiger partial charge in [0.25, 0.3) is 0 Å². The van der Waals surface area contributed by atoms with E-state index in [0.717, 1.165) is 12.2 Å². The highest BCUT2D eigenvalue weighted by molar-refractivity contribution is 7.80. The van der Waals surface area contributed by atoms with Crippen molar-refractivity contribution in [3.8, 4) is 0 Å². The number of hydrogen-bond donors (Lipinski definition) is 2. The summed E-state index contributed by atoms with van der Waals surface area (Å²) in [6.45, 7) is 5.04. The molecular formula is C15H17FN2S2. The second-order valence-electron chi connectivity index (χ2n) is 5.27. The molecule has 1 aromatic heterocycles. The van der Waals surface area contributed by atoms with Gasteiger partial charge in [0.05, 0.1) is 0 Å². The molecule has 0 unspecified atom stereocenters. The van der Waals surface area contributed by atoms with Crippen molar-refractivity contribution in [2.24, 2.45) is 5.73 Å². The predicted octanol–water partition coefficient (Wildman–Crippen LogP) is 3.91. The number of nitrogens with two attached hydrogens (primary N) is 1. The first kappa shape index (κ1) is 14.9. The maximum absolute atomic E-state index is 13.3. The Kier molecular flexibility index (Phi) is 4.40. The fourth-order valence-electron chi connectivity index (χ4n) is 1.94. The van der Waals surface area contributed by atoms with E-state index in [2.05, 4.69) is 30.6 Å². The van der Waals surface area contributed by atoms with Crippen molar-refractivity contribution < 1.29 is 4.39 Å². The van der Waals surface area contributed by atoms with E-state index in [9.17, 15) is 4.39 Å². The van der Waals surface area contributed by atoms with Crippen molar-refractivity contribution >= 4 is 34.2 Å². The average molecular weight is 308 g/mol. The lowest BCUT2D eigenvalue weighted by molar-refractivity contribution is 0.569. The van der Waals surface area contributed by atoms with Crippen LogP contribution in [0.25, 0.3) is 0 Å². The molecule has 0 radical (unpaired) electrons. The molecule has 0 aliphatic heterocycles. The number of thiophene rings is 1. The van der Waals surface area contributed by atoms with Crippen LogP contribution < -0.4 is 11.1 Å². The Bertz CT molecular complexity index is 606. The predicted molar refractivity (Wildman–Crippen MR) is 88.1 cm³/mol. The molecule has 0 amide bonds. The summed E-state index contributed by atoms with van der Waals surface area (Å²) in [5.41, 5.74) is 6.94. The van der Waals surface area contributed by atoms with Crippen molar-refractivity contribution in [1.29, 1.82) is 0 Å². The van der Waals surface area contributed by atoms with E-state index in [-0.39, 0.29) is 16.2 Å². The average Bonchev–Trinajstić information content (AvgIpc) is 2.91. The quantitative estimate of drug-likeness (QED) is 0.822. The van der Waals surface area contributed by atoms with Gasteiger partial charge in [-0.1, -0.05) is 32.1 Å². The zero-order chi connectivity index (χ0) is 14.8. The third kappa shape index (κ3) is 3.35. The molecular weight excluding hydrogens is 291 g/mol. The first-order valence-electron chi connectivity index (χ1n) is 6.27. The second-order valence-corrected chi connectivity index (χ2v) is 6.66. The molecule has 0 aliphatic rings. The van der Waals surface area contributed by atoms with Gasteiger partial charge < -0.3 is 11.1 Å². The third-order valence-electron chi connectivity index (χ3n) is 3.16. The summed E-state index contributed by atoms with van der Waals surface area (Å²) in [4.78, 5) is 1.49. The number of nitrogens with one attached hydrogen (secondary N) is 1. The molecule has 5 heteroatoms. The van der Waals surface area contributed by atoms with Crippen LogP contribution in [-0.2, 0) is 5.41 Å². The largest absolute Gasteiger partial charge is 0.389 e. The van der Waals surface area contributed by atoms with Crippen LogP contribution in [0.2, 0.25) is 0 Å². The molecule has 0 bridgehead atoms. The molecule has 2 rings (SSSR count). The van der Waals surface area contributed by atoms with Crippen LogP contribution in [0.15, 0.2) is 35.7 Å².